The van der Waals surface area contributed by atoms with Crippen LogP contribution in [-0.2, 0) is 30.4 Å². The van der Waals surface area contributed by atoms with Crippen molar-refractivity contribution in [3.05, 3.63) is 47.5 Å². The summed E-state index contributed by atoms with van der Waals surface area (Å²) in [6.07, 6.45) is 12.1. The van der Waals surface area contributed by atoms with E-state index >= 15 is 4.79 Å². The largest absolute Gasteiger partial charge is 0.460 e. The van der Waals surface area contributed by atoms with E-state index in [0.717, 1.165) is 95.6 Å². The summed E-state index contributed by atoms with van der Waals surface area (Å²) in [4.78, 5) is 34.3. The molecule has 3 aliphatic heterocycles. The zero-order chi connectivity index (χ0) is 32.4. The van der Waals surface area contributed by atoms with Crippen LogP contribution in [0, 0.1) is 45.8 Å². The van der Waals surface area contributed by atoms with Crippen molar-refractivity contribution in [1.29, 1.82) is 0 Å². The maximum atomic E-state index is 15.2. The Bertz CT molecular complexity index is 1350. The Hall–Kier alpha value is -2.06. The van der Waals surface area contributed by atoms with E-state index < -0.39 is 16.2 Å². The van der Waals surface area contributed by atoms with E-state index in [9.17, 15) is 4.79 Å². The van der Waals surface area contributed by atoms with Crippen LogP contribution >= 0.6 is 0 Å². The van der Waals surface area contributed by atoms with Crippen molar-refractivity contribution in [2.75, 3.05) is 45.9 Å². The molecule has 3 saturated carbocycles. The highest BCUT2D eigenvalue weighted by Gasteiger charge is 2.86. The number of fused-ring (bicyclic) bond motifs is 2. The number of hydrogen-bond donors (Lipinski definition) is 0. The van der Waals surface area contributed by atoms with Crippen LogP contribution in [0.15, 0.2) is 42.0 Å². The van der Waals surface area contributed by atoms with Crippen LogP contribution in [0.5, 0.6) is 0 Å². The van der Waals surface area contributed by atoms with Gasteiger partial charge >= 0.3 is 5.97 Å². The van der Waals surface area contributed by atoms with Gasteiger partial charge in [-0.15, -0.1) is 0 Å². The van der Waals surface area contributed by atoms with Crippen molar-refractivity contribution in [2.45, 2.75) is 97.0 Å². The molecular formula is C40H56N2O5. The lowest BCUT2D eigenvalue weighted by molar-refractivity contribution is -0.203. The molecule has 0 aromatic heterocycles. The lowest BCUT2D eigenvalue weighted by Crippen LogP contribution is -2.65. The maximum absolute atomic E-state index is 15.2. The number of benzene rings is 1. The number of allylic oxidation sites excluding steroid dienone is 1. The first-order valence-electron chi connectivity index (χ1n) is 18.9. The molecule has 47 heavy (non-hydrogen) atoms. The van der Waals surface area contributed by atoms with Gasteiger partial charge in [0.25, 0.3) is 0 Å². The molecule has 0 amide bonds. The number of hydrogen-bond acceptors (Lipinski definition) is 7. The molecule has 8 rings (SSSR count). The second kappa shape index (κ2) is 12.4. The first kappa shape index (κ1) is 32.2. The van der Waals surface area contributed by atoms with Crippen LogP contribution in [0.2, 0.25) is 0 Å². The number of morpholine rings is 1. The molecule has 9 atom stereocenters. The highest BCUT2D eigenvalue weighted by molar-refractivity contribution is 5.92. The molecule has 7 aliphatic rings. The minimum atomic E-state index is -0.962. The van der Waals surface area contributed by atoms with Crippen molar-refractivity contribution in [2.24, 2.45) is 45.8 Å². The number of rotatable bonds is 9. The molecule has 7 heteroatoms. The average Bonchev–Trinajstić information content (AvgIpc) is 3.84. The number of esters is 1. The van der Waals surface area contributed by atoms with Gasteiger partial charge in [0.05, 0.1) is 30.8 Å². The van der Waals surface area contributed by atoms with Crippen LogP contribution in [0.25, 0.3) is 0 Å². The number of nitrogens with zero attached hydrogens (tertiary/aromatic N) is 2. The number of piperidine rings is 1. The molecule has 0 N–H and O–H groups in total. The minimum Gasteiger partial charge on any atom is -0.460 e. The number of carbonyl (C=O) groups is 2. The summed E-state index contributed by atoms with van der Waals surface area (Å²) in [6, 6.07) is 10.7. The Morgan fingerprint density at radius 3 is 2.49 bits per heavy atom. The molecule has 4 aliphatic carbocycles. The third kappa shape index (κ3) is 4.72. The van der Waals surface area contributed by atoms with Crippen LogP contribution in [0.4, 0.5) is 0 Å². The summed E-state index contributed by atoms with van der Waals surface area (Å²) < 4.78 is 19.3. The van der Waals surface area contributed by atoms with Gasteiger partial charge in [0, 0.05) is 31.1 Å². The Kier molecular flexibility index (Phi) is 8.46. The van der Waals surface area contributed by atoms with Gasteiger partial charge in [-0.3, -0.25) is 9.69 Å². The number of carbonyl (C=O) groups excluding carboxylic acids is 2. The highest BCUT2D eigenvalue weighted by Crippen LogP contribution is 2.84. The monoisotopic (exact) mass is 644 g/mol. The second-order valence-electron chi connectivity index (χ2n) is 16.6. The van der Waals surface area contributed by atoms with Gasteiger partial charge in [0.15, 0.2) is 0 Å². The molecule has 4 bridgehead atoms. The van der Waals surface area contributed by atoms with Crippen LogP contribution < -0.4 is 0 Å². The van der Waals surface area contributed by atoms with Crippen molar-refractivity contribution in [3.8, 4) is 0 Å². The van der Waals surface area contributed by atoms with Crippen LogP contribution in [-0.4, -0.2) is 86.2 Å². The quantitative estimate of drug-likeness (QED) is 0.188. The third-order valence-electron chi connectivity index (χ3n) is 14.5. The van der Waals surface area contributed by atoms with Crippen molar-refractivity contribution < 1.29 is 23.8 Å². The predicted molar refractivity (Wildman–Crippen MR) is 180 cm³/mol. The summed E-state index contributed by atoms with van der Waals surface area (Å²) in [7, 11) is 0. The first-order valence-corrected chi connectivity index (χ1v) is 18.9. The van der Waals surface area contributed by atoms with E-state index in [1.54, 1.807) is 0 Å². The SMILES string of the molecule is CC(C)C1=CC2CC3(C=O)[C@@H]4CC[C@@H](C)[C@H]4CC2(C2CCC(CN4CCC(N5CCOCC5)CC4)O2)C13C(=O)OCc1ccccc1. The van der Waals surface area contributed by atoms with Crippen LogP contribution in [0.3, 0.4) is 0 Å². The normalized spacial score (nSPS) is 42.1. The molecule has 3 heterocycles. The maximum Gasteiger partial charge on any atom is 0.318 e. The minimum absolute atomic E-state index is 0.0456. The summed E-state index contributed by atoms with van der Waals surface area (Å²) in [5, 5.41) is 0. The molecule has 6 unspecified atom stereocenters. The van der Waals surface area contributed by atoms with Gasteiger partial charge in [-0.1, -0.05) is 69.2 Å². The zero-order valence-corrected chi connectivity index (χ0v) is 28.9. The van der Waals surface area contributed by atoms with Crippen molar-refractivity contribution in [1.82, 2.24) is 9.80 Å². The molecule has 1 aromatic carbocycles. The van der Waals surface area contributed by atoms with E-state index in [4.69, 9.17) is 14.2 Å². The predicted octanol–water partition coefficient (Wildman–Crippen LogP) is 5.91. The summed E-state index contributed by atoms with van der Waals surface area (Å²) in [5.74, 6) is 1.39. The van der Waals surface area contributed by atoms with E-state index in [2.05, 4.69) is 36.6 Å². The van der Waals surface area contributed by atoms with E-state index in [1.807, 2.05) is 30.3 Å². The van der Waals surface area contributed by atoms with Gasteiger partial charge < -0.3 is 23.9 Å². The fourth-order valence-electron chi connectivity index (χ4n) is 12.6. The molecule has 3 saturated heterocycles. The fourth-order valence-corrected chi connectivity index (χ4v) is 12.6. The first-order chi connectivity index (χ1) is 22.8. The Morgan fingerprint density at radius 2 is 1.77 bits per heavy atom. The average molecular weight is 645 g/mol. The lowest BCUT2D eigenvalue weighted by Gasteiger charge is -2.60. The smallest absolute Gasteiger partial charge is 0.318 e. The summed E-state index contributed by atoms with van der Waals surface area (Å²) >= 11 is 0. The van der Waals surface area contributed by atoms with E-state index in [1.165, 1.54) is 19.1 Å². The molecule has 1 aromatic rings. The molecule has 256 valence electrons. The van der Waals surface area contributed by atoms with Crippen molar-refractivity contribution in [3.63, 3.8) is 0 Å². The summed E-state index contributed by atoms with van der Waals surface area (Å²) in [6.45, 7) is 14.1. The van der Waals surface area contributed by atoms with Gasteiger partial charge in [-0.2, -0.15) is 0 Å². The summed E-state index contributed by atoms with van der Waals surface area (Å²) in [5.41, 5.74) is 0.0295. The lowest BCUT2D eigenvalue weighted by atomic mass is 9.41. The number of likely N-dealkylation sites (tertiary alicyclic amines) is 1. The molecule has 6 fully saturated rings. The fraction of sp³-hybridized carbons (Fsp3) is 0.750. The van der Waals surface area contributed by atoms with Crippen LogP contribution in [0.1, 0.15) is 77.7 Å². The van der Waals surface area contributed by atoms with Gasteiger partial charge in [-0.25, -0.2) is 0 Å². The van der Waals surface area contributed by atoms with Gasteiger partial charge in [0.1, 0.15) is 18.3 Å². The topological polar surface area (TPSA) is 68.3 Å². The molecule has 7 nitrogen and oxygen atoms in total. The zero-order valence-electron chi connectivity index (χ0n) is 28.9. The third-order valence-corrected chi connectivity index (χ3v) is 14.5. The van der Waals surface area contributed by atoms with E-state index in [0.29, 0.717) is 17.9 Å². The van der Waals surface area contributed by atoms with Gasteiger partial charge in [-0.05, 0) is 93.2 Å². The highest BCUT2D eigenvalue weighted by atomic mass is 16.5. The second-order valence-corrected chi connectivity index (χ2v) is 16.6. The number of ether oxygens (including phenoxy) is 3. The molecule has 0 radical (unpaired) electrons. The molecule has 0 spiro atoms. The van der Waals surface area contributed by atoms with E-state index in [-0.39, 0.29) is 42.5 Å². The van der Waals surface area contributed by atoms with Gasteiger partial charge in [0.2, 0.25) is 0 Å². The Morgan fingerprint density at radius 1 is 1.00 bits per heavy atom. The Balaban J connectivity index is 1.09. The Labute approximate surface area is 281 Å². The van der Waals surface area contributed by atoms with Crippen molar-refractivity contribution >= 4 is 12.3 Å². The number of aldehydes is 1. The molecular weight excluding hydrogens is 588 g/mol. The standard InChI is InChI=1S/C40H56N2O5/c1-27(2)35-21-30-22-38(26-43)34-11-9-28(3)33(34)23-39(30,40(35,38)37(44)46-25-29-7-5-4-6-8-29)36-12-10-32(47-36)24-41-15-13-31(14-16-41)42-17-19-45-20-18-42/h4-8,21,26-28,30-34,36H,9-20,22-25H2,1-3H3/t28-,30?,32?,33-,34-,36?,38?,39?,40?/m1/s1.